The van der Waals surface area contributed by atoms with Gasteiger partial charge in [-0.25, -0.2) is 0 Å². The SMILES string of the molecule is Cc1c(NC(=O)c2cccc(N(C)C)c2)cccc1C(=O)N1CCc2sccc2C1. The van der Waals surface area contributed by atoms with Crippen molar-refractivity contribution in [2.75, 3.05) is 30.9 Å². The highest BCUT2D eigenvalue weighted by Crippen LogP contribution is 2.27. The molecule has 30 heavy (non-hydrogen) atoms. The topological polar surface area (TPSA) is 52.7 Å². The molecule has 6 heteroatoms. The molecule has 2 aromatic carbocycles. The van der Waals surface area contributed by atoms with Gasteiger partial charge in [-0.05, 0) is 66.2 Å². The third-order valence-electron chi connectivity index (χ3n) is 5.53. The Morgan fingerprint density at radius 1 is 1.10 bits per heavy atom. The number of hydrogen-bond donors (Lipinski definition) is 1. The van der Waals surface area contributed by atoms with E-state index < -0.39 is 0 Å². The molecule has 4 rings (SSSR count). The largest absolute Gasteiger partial charge is 0.378 e. The van der Waals surface area contributed by atoms with Crippen molar-refractivity contribution < 1.29 is 9.59 Å². The lowest BCUT2D eigenvalue weighted by Crippen LogP contribution is -2.35. The van der Waals surface area contributed by atoms with Crippen molar-refractivity contribution in [1.29, 1.82) is 0 Å². The van der Waals surface area contributed by atoms with Crippen molar-refractivity contribution in [2.24, 2.45) is 0 Å². The van der Waals surface area contributed by atoms with Crippen molar-refractivity contribution in [3.63, 3.8) is 0 Å². The van der Waals surface area contributed by atoms with Crippen LogP contribution < -0.4 is 10.2 Å². The number of carbonyl (C=O) groups excluding carboxylic acids is 2. The maximum atomic E-state index is 13.2. The Labute approximate surface area is 180 Å². The fourth-order valence-electron chi connectivity index (χ4n) is 3.71. The Kier molecular flexibility index (Phi) is 5.59. The number of nitrogens with zero attached hydrogens (tertiary/aromatic N) is 2. The molecule has 3 aromatic rings. The molecule has 0 spiro atoms. The summed E-state index contributed by atoms with van der Waals surface area (Å²) in [6.45, 7) is 3.25. The summed E-state index contributed by atoms with van der Waals surface area (Å²) in [5, 5.41) is 5.06. The number of nitrogens with one attached hydrogen (secondary N) is 1. The van der Waals surface area contributed by atoms with Crippen LogP contribution >= 0.6 is 11.3 Å². The average molecular weight is 420 g/mol. The van der Waals surface area contributed by atoms with Gasteiger partial charge in [-0.15, -0.1) is 11.3 Å². The van der Waals surface area contributed by atoms with Crippen LogP contribution in [0.2, 0.25) is 0 Å². The van der Waals surface area contributed by atoms with Gasteiger partial charge in [0.15, 0.2) is 0 Å². The highest BCUT2D eigenvalue weighted by molar-refractivity contribution is 7.10. The van der Waals surface area contributed by atoms with E-state index >= 15 is 0 Å². The van der Waals surface area contributed by atoms with Crippen LogP contribution in [0.3, 0.4) is 0 Å². The van der Waals surface area contributed by atoms with Crippen LogP contribution in [0.25, 0.3) is 0 Å². The van der Waals surface area contributed by atoms with Crippen LogP contribution in [-0.4, -0.2) is 37.4 Å². The molecule has 0 bridgehead atoms. The van der Waals surface area contributed by atoms with Gasteiger partial charge in [0, 0.05) is 54.6 Å². The van der Waals surface area contributed by atoms with Gasteiger partial charge in [-0.1, -0.05) is 12.1 Å². The number of carbonyl (C=O) groups is 2. The van der Waals surface area contributed by atoms with E-state index in [0.29, 0.717) is 23.4 Å². The smallest absolute Gasteiger partial charge is 0.255 e. The molecule has 1 aliphatic rings. The number of rotatable bonds is 4. The number of hydrogen-bond acceptors (Lipinski definition) is 4. The van der Waals surface area contributed by atoms with Crippen LogP contribution in [0.15, 0.2) is 53.9 Å². The summed E-state index contributed by atoms with van der Waals surface area (Å²) in [7, 11) is 3.88. The third kappa shape index (κ3) is 3.96. The normalized spacial score (nSPS) is 13.0. The quantitative estimate of drug-likeness (QED) is 0.674. The van der Waals surface area contributed by atoms with Gasteiger partial charge in [0.05, 0.1) is 0 Å². The summed E-state index contributed by atoms with van der Waals surface area (Å²) in [6.07, 6.45) is 0.899. The Balaban J connectivity index is 1.54. The molecule has 1 aromatic heterocycles. The maximum Gasteiger partial charge on any atom is 0.255 e. The molecule has 2 amide bonds. The first-order chi connectivity index (χ1) is 14.4. The second-order valence-corrected chi connectivity index (χ2v) is 8.72. The fourth-order valence-corrected chi connectivity index (χ4v) is 4.60. The fraction of sp³-hybridized carbons (Fsp3) is 0.250. The summed E-state index contributed by atoms with van der Waals surface area (Å²) in [6, 6.07) is 15.1. The zero-order valence-corrected chi connectivity index (χ0v) is 18.3. The molecule has 2 heterocycles. The third-order valence-corrected chi connectivity index (χ3v) is 6.56. The highest BCUT2D eigenvalue weighted by atomic mass is 32.1. The van der Waals surface area contributed by atoms with Gasteiger partial charge in [0.1, 0.15) is 0 Å². The lowest BCUT2D eigenvalue weighted by molar-refractivity contribution is 0.0735. The van der Waals surface area contributed by atoms with Gasteiger partial charge in [-0.2, -0.15) is 0 Å². The van der Waals surface area contributed by atoms with E-state index in [0.717, 1.165) is 24.2 Å². The standard InChI is InChI=1S/C24H25N3O2S/c1-16-20(24(29)27-12-10-22-18(15-27)11-13-30-22)8-5-9-21(16)25-23(28)17-6-4-7-19(14-17)26(2)3/h4-9,11,13-14H,10,12,15H2,1-3H3,(H,25,28). The first-order valence-electron chi connectivity index (χ1n) is 9.97. The summed E-state index contributed by atoms with van der Waals surface area (Å²) in [5.41, 5.74) is 4.86. The van der Waals surface area contributed by atoms with Crippen molar-refractivity contribution in [3.8, 4) is 0 Å². The lowest BCUT2D eigenvalue weighted by Gasteiger charge is -2.28. The van der Waals surface area contributed by atoms with E-state index in [-0.39, 0.29) is 11.8 Å². The van der Waals surface area contributed by atoms with Gasteiger partial charge in [0.25, 0.3) is 11.8 Å². The van der Waals surface area contributed by atoms with Crippen LogP contribution in [0.5, 0.6) is 0 Å². The van der Waals surface area contributed by atoms with E-state index in [1.54, 1.807) is 17.4 Å². The second kappa shape index (κ2) is 8.32. The Morgan fingerprint density at radius 2 is 1.90 bits per heavy atom. The minimum absolute atomic E-state index is 0.00931. The van der Waals surface area contributed by atoms with Crippen LogP contribution in [0.1, 0.15) is 36.7 Å². The zero-order valence-electron chi connectivity index (χ0n) is 17.4. The van der Waals surface area contributed by atoms with E-state index in [9.17, 15) is 9.59 Å². The van der Waals surface area contributed by atoms with Crippen molar-refractivity contribution in [2.45, 2.75) is 19.9 Å². The number of thiophene rings is 1. The molecule has 1 N–H and O–H groups in total. The predicted octanol–water partition coefficient (Wildman–Crippen LogP) is 4.57. The molecule has 0 saturated heterocycles. The van der Waals surface area contributed by atoms with Crippen LogP contribution in [0.4, 0.5) is 11.4 Å². The van der Waals surface area contributed by atoms with Gasteiger partial charge < -0.3 is 15.1 Å². The maximum absolute atomic E-state index is 13.2. The molecular weight excluding hydrogens is 394 g/mol. The van der Waals surface area contributed by atoms with Gasteiger partial charge in [0.2, 0.25) is 0 Å². The van der Waals surface area contributed by atoms with Crippen molar-refractivity contribution in [3.05, 3.63) is 81.0 Å². The minimum Gasteiger partial charge on any atom is -0.378 e. The Morgan fingerprint density at radius 3 is 2.70 bits per heavy atom. The predicted molar refractivity (Wildman–Crippen MR) is 123 cm³/mol. The monoisotopic (exact) mass is 419 g/mol. The molecule has 0 fully saturated rings. The minimum atomic E-state index is -0.188. The summed E-state index contributed by atoms with van der Waals surface area (Å²) in [4.78, 5) is 31.2. The molecule has 0 unspecified atom stereocenters. The number of fused-ring (bicyclic) bond motifs is 1. The summed E-state index contributed by atoms with van der Waals surface area (Å²) >= 11 is 1.76. The van der Waals surface area contributed by atoms with E-state index in [4.69, 9.17) is 0 Å². The summed E-state index contributed by atoms with van der Waals surface area (Å²) < 4.78 is 0. The van der Waals surface area contributed by atoms with Crippen LogP contribution in [-0.2, 0) is 13.0 Å². The first-order valence-corrected chi connectivity index (χ1v) is 10.8. The molecule has 5 nitrogen and oxygen atoms in total. The number of benzene rings is 2. The first kappa shape index (κ1) is 20.2. The highest BCUT2D eigenvalue weighted by Gasteiger charge is 2.24. The average Bonchev–Trinajstić information content (AvgIpc) is 3.22. The van der Waals surface area contributed by atoms with Crippen LogP contribution in [0, 0.1) is 6.92 Å². The van der Waals surface area contributed by atoms with Crippen molar-refractivity contribution >= 4 is 34.5 Å². The van der Waals surface area contributed by atoms with E-state index in [1.165, 1.54) is 10.4 Å². The lowest BCUT2D eigenvalue weighted by atomic mass is 10.0. The van der Waals surface area contributed by atoms with Gasteiger partial charge >= 0.3 is 0 Å². The number of anilines is 2. The Bertz CT molecular complexity index is 1100. The molecule has 0 atom stereocenters. The Hall–Kier alpha value is -3.12. The molecule has 1 aliphatic heterocycles. The zero-order chi connectivity index (χ0) is 21.3. The molecular formula is C24H25N3O2S. The molecule has 0 aliphatic carbocycles. The molecule has 154 valence electrons. The van der Waals surface area contributed by atoms with Crippen molar-refractivity contribution in [1.82, 2.24) is 4.90 Å². The van der Waals surface area contributed by atoms with E-state index in [2.05, 4.69) is 16.8 Å². The molecule has 0 saturated carbocycles. The molecule has 0 radical (unpaired) electrons. The number of amides is 2. The van der Waals surface area contributed by atoms with Gasteiger partial charge in [-0.3, -0.25) is 9.59 Å². The second-order valence-electron chi connectivity index (χ2n) is 7.72. The van der Waals surface area contributed by atoms with E-state index in [1.807, 2.05) is 67.2 Å². The summed E-state index contributed by atoms with van der Waals surface area (Å²) in [5.74, 6) is -0.178.